The summed E-state index contributed by atoms with van der Waals surface area (Å²) in [6, 6.07) is 7.21. The van der Waals surface area contributed by atoms with Crippen LogP contribution >= 0.6 is 0 Å². The first kappa shape index (κ1) is 10.8. The summed E-state index contributed by atoms with van der Waals surface area (Å²) in [7, 11) is 0. The van der Waals surface area contributed by atoms with Crippen LogP contribution in [0.2, 0.25) is 0 Å². The molecule has 0 aliphatic heterocycles. The highest BCUT2D eigenvalue weighted by Crippen LogP contribution is 2.21. The number of ether oxygens (including phenoxy) is 1. The fourth-order valence-corrected chi connectivity index (χ4v) is 1.04. The van der Waals surface area contributed by atoms with E-state index in [1.165, 1.54) is 0 Å². The van der Waals surface area contributed by atoms with Gasteiger partial charge >= 0.3 is 0 Å². The molecule has 0 saturated heterocycles. The Labute approximate surface area is 84.9 Å². The topological polar surface area (TPSA) is 26.3 Å². The molecule has 0 unspecified atom stereocenters. The molecule has 1 rings (SSSR count). The molecule has 0 atom stereocenters. The lowest BCUT2D eigenvalue weighted by Gasteiger charge is -2.24. The zero-order valence-electron chi connectivity index (χ0n) is 8.91. The van der Waals surface area contributed by atoms with Crippen molar-refractivity contribution >= 4 is 6.29 Å². The molecule has 14 heavy (non-hydrogen) atoms. The highest BCUT2D eigenvalue weighted by Gasteiger charge is 2.16. The van der Waals surface area contributed by atoms with E-state index in [0.29, 0.717) is 5.56 Å². The minimum atomic E-state index is -0.179. The van der Waals surface area contributed by atoms with E-state index < -0.39 is 0 Å². The van der Waals surface area contributed by atoms with Gasteiger partial charge in [-0.1, -0.05) is 19.1 Å². The quantitative estimate of drug-likeness (QED) is 0.685. The maximum atomic E-state index is 10.5. The van der Waals surface area contributed by atoms with Gasteiger partial charge in [-0.2, -0.15) is 0 Å². The lowest BCUT2D eigenvalue weighted by molar-refractivity contribution is 0.104. The number of carbonyl (C=O) groups is 1. The summed E-state index contributed by atoms with van der Waals surface area (Å²) in [5.74, 6) is 0.751. The largest absolute Gasteiger partial charge is 0.488 e. The highest BCUT2D eigenvalue weighted by molar-refractivity contribution is 5.75. The number of carbonyl (C=O) groups excluding carboxylic acids is 1. The summed E-state index contributed by atoms with van der Waals surface area (Å²) < 4.78 is 5.73. The smallest absolute Gasteiger partial charge is 0.150 e. The third-order valence-corrected chi connectivity index (χ3v) is 2.24. The highest BCUT2D eigenvalue weighted by atomic mass is 16.5. The van der Waals surface area contributed by atoms with Gasteiger partial charge in [0.15, 0.2) is 0 Å². The van der Waals surface area contributed by atoms with Crippen molar-refractivity contribution in [2.24, 2.45) is 0 Å². The van der Waals surface area contributed by atoms with Gasteiger partial charge in [-0.15, -0.1) is 0 Å². The summed E-state index contributed by atoms with van der Waals surface area (Å²) in [4.78, 5) is 10.5. The number of hydrogen-bond acceptors (Lipinski definition) is 2. The van der Waals surface area contributed by atoms with Gasteiger partial charge in [0.2, 0.25) is 0 Å². The van der Waals surface area contributed by atoms with Crippen LogP contribution in [0.5, 0.6) is 5.75 Å². The van der Waals surface area contributed by atoms with Crippen LogP contribution in [-0.4, -0.2) is 11.9 Å². The minimum absolute atomic E-state index is 0.179. The van der Waals surface area contributed by atoms with Crippen molar-refractivity contribution in [1.29, 1.82) is 0 Å². The van der Waals surface area contributed by atoms with Crippen LogP contribution in [0.3, 0.4) is 0 Å². The molecular formula is C12H16O2. The number of rotatable bonds is 4. The second-order valence-electron chi connectivity index (χ2n) is 3.91. The van der Waals surface area contributed by atoms with E-state index in [1.54, 1.807) is 12.1 Å². The number of benzene rings is 1. The lowest BCUT2D eigenvalue weighted by Crippen LogP contribution is -2.26. The Bertz CT molecular complexity index is 316. The summed E-state index contributed by atoms with van der Waals surface area (Å²) in [6.45, 7) is 6.13. The second kappa shape index (κ2) is 4.27. The van der Waals surface area contributed by atoms with Crippen LogP contribution in [0.15, 0.2) is 24.3 Å². The Balaban J connectivity index is 2.81. The molecule has 0 amide bonds. The van der Waals surface area contributed by atoms with Gasteiger partial charge in [0.1, 0.15) is 17.6 Å². The zero-order chi connectivity index (χ0) is 10.6. The molecule has 0 radical (unpaired) electrons. The molecule has 2 nitrogen and oxygen atoms in total. The average molecular weight is 192 g/mol. The molecule has 0 fully saturated rings. The zero-order valence-corrected chi connectivity index (χ0v) is 8.91. The van der Waals surface area contributed by atoms with Gasteiger partial charge in [0.05, 0.1) is 0 Å². The van der Waals surface area contributed by atoms with Crippen molar-refractivity contribution in [3.05, 3.63) is 29.8 Å². The molecule has 0 aromatic heterocycles. The Morgan fingerprint density at radius 1 is 1.43 bits per heavy atom. The molecule has 0 heterocycles. The first-order valence-corrected chi connectivity index (χ1v) is 4.81. The van der Waals surface area contributed by atoms with Crippen molar-refractivity contribution in [2.75, 3.05) is 0 Å². The van der Waals surface area contributed by atoms with Gasteiger partial charge in [-0.05, 0) is 32.4 Å². The summed E-state index contributed by atoms with van der Waals surface area (Å²) in [5, 5.41) is 0. The monoisotopic (exact) mass is 192 g/mol. The van der Waals surface area contributed by atoms with Crippen LogP contribution in [0.1, 0.15) is 37.6 Å². The van der Waals surface area contributed by atoms with E-state index in [2.05, 4.69) is 6.92 Å². The van der Waals surface area contributed by atoms with Crippen molar-refractivity contribution in [2.45, 2.75) is 32.8 Å². The van der Waals surface area contributed by atoms with Gasteiger partial charge in [0, 0.05) is 5.56 Å². The Morgan fingerprint density at radius 3 is 2.71 bits per heavy atom. The molecule has 1 aromatic carbocycles. The molecular weight excluding hydrogens is 176 g/mol. The first-order valence-electron chi connectivity index (χ1n) is 4.81. The Kier molecular flexibility index (Phi) is 3.28. The predicted molar refractivity (Wildman–Crippen MR) is 56.8 cm³/mol. The molecule has 0 aliphatic carbocycles. The van der Waals surface area contributed by atoms with E-state index >= 15 is 0 Å². The Morgan fingerprint density at radius 2 is 2.14 bits per heavy atom. The number of aldehydes is 1. The normalized spacial score (nSPS) is 11.1. The Hall–Kier alpha value is -1.31. The van der Waals surface area contributed by atoms with Crippen molar-refractivity contribution < 1.29 is 9.53 Å². The van der Waals surface area contributed by atoms with Crippen LogP contribution in [-0.2, 0) is 0 Å². The van der Waals surface area contributed by atoms with Crippen LogP contribution in [0.25, 0.3) is 0 Å². The number of hydrogen-bond donors (Lipinski definition) is 0. The SMILES string of the molecule is CCC(C)(C)Oc1cccc(C=O)c1. The molecule has 76 valence electrons. The third kappa shape index (κ3) is 2.87. The van der Waals surface area contributed by atoms with Crippen LogP contribution < -0.4 is 4.74 Å². The summed E-state index contributed by atoms with van der Waals surface area (Å²) in [6.07, 6.45) is 1.75. The third-order valence-electron chi connectivity index (χ3n) is 2.24. The van der Waals surface area contributed by atoms with Gasteiger partial charge < -0.3 is 4.74 Å². The maximum absolute atomic E-state index is 10.5. The van der Waals surface area contributed by atoms with Crippen molar-refractivity contribution in [3.8, 4) is 5.75 Å². The standard InChI is InChI=1S/C12H16O2/c1-4-12(2,3)14-11-7-5-6-10(8-11)9-13/h5-9H,4H2,1-3H3. The summed E-state index contributed by atoms with van der Waals surface area (Å²) >= 11 is 0. The second-order valence-corrected chi connectivity index (χ2v) is 3.91. The molecule has 0 N–H and O–H groups in total. The summed E-state index contributed by atoms with van der Waals surface area (Å²) in [5.41, 5.74) is 0.469. The van der Waals surface area contributed by atoms with Gasteiger partial charge in [0.25, 0.3) is 0 Å². The average Bonchev–Trinajstić information content (AvgIpc) is 2.17. The molecule has 0 aliphatic rings. The van der Waals surface area contributed by atoms with E-state index in [-0.39, 0.29) is 5.60 Å². The van der Waals surface area contributed by atoms with Crippen molar-refractivity contribution in [1.82, 2.24) is 0 Å². The fraction of sp³-hybridized carbons (Fsp3) is 0.417. The first-order chi connectivity index (χ1) is 6.57. The van der Waals surface area contributed by atoms with E-state index in [0.717, 1.165) is 18.5 Å². The van der Waals surface area contributed by atoms with Gasteiger partial charge in [-0.25, -0.2) is 0 Å². The molecule has 0 bridgehead atoms. The van der Waals surface area contributed by atoms with E-state index in [1.807, 2.05) is 26.0 Å². The maximum Gasteiger partial charge on any atom is 0.150 e. The minimum Gasteiger partial charge on any atom is -0.488 e. The molecule has 2 heteroatoms. The van der Waals surface area contributed by atoms with E-state index in [9.17, 15) is 4.79 Å². The van der Waals surface area contributed by atoms with Crippen LogP contribution in [0, 0.1) is 0 Å². The molecule has 1 aromatic rings. The lowest BCUT2D eigenvalue weighted by atomic mass is 10.1. The predicted octanol–water partition coefficient (Wildman–Crippen LogP) is 3.07. The van der Waals surface area contributed by atoms with Gasteiger partial charge in [-0.3, -0.25) is 4.79 Å². The van der Waals surface area contributed by atoms with E-state index in [4.69, 9.17) is 4.74 Å². The molecule has 0 saturated carbocycles. The van der Waals surface area contributed by atoms with Crippen LogP contribution in [0.4, 0.5) is 0 Å². The van der Waals surface area contributed by atoms with Crippen molar-refractivity contribution in [3.63, 3.8) is 0 Å². The fourth-order valence-electron chi connectivity index (χ4n) is 1.04. The molecule has 0 spiro atoms.